The van der Waals surface area contributed by atoms with E-state index in [1.165, 1.54) is 17.7 Å². The molecule has 6 nitrogen and oxygen atoms in total. The van der Waals surface area contributed by atoms with Crippen LogP contribution in [0.4, 0.5) is 4.39 Å². The fourth-order valence-electron chi connectivity index (χ4n) is 5.14. The summed E-state index contributed by atoms with van der Waals surface area (Å²) in [6.45, 7) is 1.42. The van der Waals surface area contributed by atoms with Gasteiger partial charge in [-0.25, -0.2) is 9.07 Å². The van der Waals surface area contributed by atoms with Gasteiger partial charge in [0.2, 0.25) is 0 Å². The molecular weight excluding hydrogens is 381 g/mol. The number of aliphatic hydroxyl groups is 1. The van der Waals surface area contributed by atoms with Gasteiger partial charge in [0, 0.05) is 18.6 Å². The van der Waals surface area contributed by atoms with Crippen LogP contribution in [0.2, 0.25) is 0 Å². The number of aromatic nitrogens is 4. The van der Waals surface area contributed by atoms with Crippen LogP contribution in [0.3, 0.4) is 0 Å². The third-order valence-electron chi connectivity index (χ3n) is 6.66. The molecule has 5 rings (SSSR count). The Kier molecular flexibility index (Phi) is 5.08. The average molecular weight is 407 g/mol. The lowest BCUT2D eigenvalue weighted by molar-refractivity contribution is -0.0606. The summed E-state index contributed by atoms with van der Waals surface area (Å²) in [5, 5.41) is 23.7. The highest BCUT2D eigenvalue weighted by Gasteiger charge is 2.48. The molecular formula is C23H26FN5O. The predicted octanol–water partition coefficient (Wildman–Crippen LogP) is 3.07. The topological polar surface area (TPSA) is 67.1 Å². The van der Waals surface area contributed by atoms with Crippen LogP contribution in [0, 0.1) is 5.82 Å². The van der Waals surface area contributed by atoms with E-state index in [9.17, 15) is 9.50 Å². The molecule has 2 aliphatic rings. The molecule has 1 N–H and O–H groups in total. The molecule has 3 aromatic rings. The predicted molar refractivity (Wildman–Crippen MR) is 110 cm³/mol. The lowest BCUT2D eigenvalue weighted by Crippen LogP contribution is -2.49. The second kappa shape index (κ2) is 7.89. The quantitative estimate of drug-likeness (QED) is 0.680. The molecule has 2 atom stereocenters. The zero-order chi connectivity index (χ0) is 20.6. The number of halogens is 1. The Hall–Kier alpha value is -2.64. The molecule has 0 amide bonds. The van der Waals surface area contributed by atoms with Crippen LogP contribution in [0.5, 0.6) is 0 Å². The van der Waals surface area contributed by atoms with Gasteiger partial charge in [0.05, 0.1) is 12.1 Å². The second-order valence-electron chi connectivity index (χ2n) is 8.56. The Morgan fingerprint density at radius 2 is 1.80 bits per heavy atom. The smallest absolute Gasteiger partial charge is 0.165 e. The van der Waals surface area contributed by atoms with E-state index in [1.807, 2.05) is 28.9 Å². The van der Waals surface area contributed by atoms with Crippen LogP contribution in [-0.4, -0.2) is 42.3 Å². The Balaban J connectivity index is 1.28. The maximum Gasteiger partial charge on any atom is 0.165 e. The maximum absolute atomic E-state index is 13.7. The van der Waals surface area contributed by atoms with Gasteiger partial charge < -0.3 is 5.11 Å². The van der Waals surface area contributed by atoms with Crippen molar-refractivity contribution in [2.24, 2.45) is 0 Å². The van der Waals surface area contributed by atoms with E-state index in [-0.39, 0.29) is 17.9 Å². The van der Waals surface area contributed by atoms with Crippen molar-refractivity contribution in [2.75, 3.05) is 0 Å². The SMILES string of the molecule is OC1(c2cccc(F)c2)CC2CCC(C1)N2Cc1nnnn1CCc1ccccc1. The van der Waals surface area contributed by atoms with Crippen LogP contribution >= 0.6 is 0 Å². The molecule has 0 saturated carbocycles. The molecule has 2 aromatic carbocycles. The van der Waals surface area contributed by atoms with Gasteiger partial charge in [-0.05, 0) is 65.8 Å². The average Bonchev–Trinajstić information content (AvgIpc) is 3.29. The Bertz CT molecular complexity index is 994. The lowest BCUT2D eigenvalue weighted by Gasteiger charge is -2.43. The van der Waals surface area contributed by atoms with E-state index in [2.05, 4.69) is 32.6 Å². The van der Waals surface area contributed by atoms with Gasteiger partial charge in [0.25, 0.3) is 0 Å². The summed E-state index contributed by atoms with van der Waals surface area (Å²) in [6.07, 6.45) is 4.17. The van der Waals surface area contributed by atoms with Crippen molar-refractivity contribution >= 4 is 0 Å². The number of aryl methyl sites for hydroxylation is 2. The number of fused-ring (bicyclic) bond motifs is 2. The summed E-state index contributed by atoms with van der Waals surface area (Å²) in [5.74, 6) is 0.562. The van der Waals surface area contributed by atoms with Crippen molar-refractivity contribution < 1.29 is 9.50 Å². The minimum Gasteiger partial charge on any atom is -0.385 e. The largest absolute Gasteiger partial charge is 0.385 e. The van der Waals surface area contributed by atoms with Crippen LogP contribution < -0.4 is 0 Å². The van der Waals surface area contributed by atoms with Gasteiger partial charge in [0.1, 0.15) is 5.82 Å². The van der Waals surface area contributed by atoms with Gasteiger partial charge in [-0.3, -0.25) is 4.90 Å². The summed E-state index contributed by atoms with van der Waals surface area (Å²) in [4.78, 5) is 2.43. The van der Waals surface area contributed by atoms with E-state index in [0.29, 0.717) is 24.9 Å². The van der Waals surface area contributed by atoms with E-state index < -0.39 is 5.60 Å². The summed E-state index contributed by atoms with van der Waals surface area (Å²) in [6, 6.07) is 17.2. The second-order valence-corrected chi connectivity index (χ2v) is 8.56. The fourth-order valence-corrected chi connectivity index (χ4v) is 5.14. The highest BCUT2D eigenvalue weighted by molar-refractivity contribution is 5.26. The van der Waals surface area contributed by atoms with E-state index >= 15 is 0 Å². The standard InChI is InChI=1S/C23H26FN5O/c24-19-8-4-7-18(13-19)23(30)14-20-9-10-21(15-23)28(20)16-22-25-26-27-29(22)12-11-17-5-2-1-3-6-17/h1-8,13,20-21,30H,9-12,14-16H2. The van der Waals surface area contributed by atoms with E-state index in [0.717, 1.165) is 31.6 Å². The van der Waals surface area contributed by atoms with Crippen molar-refractivity contribution in [2.45, 2.75) is 62.9 Å². The number of nitrogens with zero attached hydrogens (tertiary/aromatic N) is 5. The van der Waals surface area contributed by atoms with Crippen LogP contribution in [0.15, 0.2) is 54.6 Å². The normalized spacial score (nSPS) is 26.2. The van der Waals surface area contributed by atoms with Crippen molar-refractivity contribution in [3.63, 3.8) is 0 Å². The molecule has 0 radical (unpaired) electrons. The van der Waals surface area contributed by atoms with Crippen molar-refractivity contribution in [1.29, 1.82) is 0 Å². The molecule has 7 heteroatoms. The number of hydrogen-bond acceptors (Lipinski definition) is 5. The fraction of sp³-hybridized carbons (Fsp3) is 0.435. The van der Waals surface area contributed by atoms with Gasteiger partial charge in [-0.1, -0.05) is 42.5 Å². The van der Waals surface area contributed by atoms with E-state index in [1.54, 1.807) is 6.07 Å². The third-order valence-corrected chi connectivity index (χ3v) is 6.66. The van der Waals surface area contributed by atoms with Gasteiger partial charge in [0.15, 0.2) is 5.82 Å². The molecule has 1 aromatic heterocycles. The molecule has 156 valence electrons. The summed E-state index contributed by atoms with van der Waals surface area (Å²) in [5.41, 5.74) is 0.979. The Morgan fingerprint density at radius 3 is 2.53 bits per heavy atom. The first kappa shape index (κ1) is 19.3. The van der Waals surface area contributed by atoms with Crippen molar-refractivity contribution in [1.82, 2.24) is 25.1 Å². The molecule has 0 aliphatic carbocycles. The molecule has 30 heavy (non-hydrogen) atoms. The van der Waals surface area contributed by atoms with Crippen molar-refractivity contribution in [3.8, 4) is 0 Å². The number of benzene rings is 2. The van der Waals surface area contributed by atoms with Gasteiger partial charge in [-0.15, -0.1) is 5.10 Å². The Labute approximate surface area is 175 Å². The zero-order valence-electron chi connectivity index (χ0n) is 16.9. The molecule has 3 heterocycles. The minimum atomic E-state index is -0.969. The molecule has 2 aliphatic heterocycles. The maximum atomic E-state index is 13.7. The number of piperidine rings is 1. The zero-order valence-corrected chi connectivity index (χ0v) is 16.9. The first-order valence-corrected chi connectivity index (χ1v) is 10.6. The molecule has 2 unspecified atom stereocenters. The van der Waals surface area contributed by atoms with Crippen LogP contribution in [-0.2, 0) is 25.1 Å². The first-order chi connectivity index (χ1) is 14.6. The molecule has 0 spiro atoms. The third kappa shape index (κ3) is 3.75. The first-order valence-electron chi connectivity index (χ1n) is 10.6. The van der Waals surface area contributed by atoms with Crippen LogP contribution in [0.25, 0.3) is 0 Å². The Morgan fingerprint density at radius 1 is 1.03 bits per heavy atom. The number of rotatable bonds is 6. The van der Waals surface area contributed by atoms with Gasteiger partial charge in [-0.2, -0.15) is 0 Å². The minimum absolute atomic E-state index is 0.247. The summed E-state index contributed by atoms with van der Waals surface area (Å²) < 4.78 is 15.6. The highest BCUT2D eigenvalue weighted by atomic mass is 19.1. The van der Waals surface area contributed by atoms with Crippen molar-refractivity contribution in [3.05, 3.63) is 77.4 Å². The van der Waals surface area contributed by atoms with Crippen LogP contribution in [0.1, 0.15) is 42.6 Å². The number of tetrazole rings is 1. The lowest BCUT2D eigenvalue weighted by atomic mass is 9.80. The monoisotopic (exact) mass is 407 g/mol. The summed E-state index contributed by atoms with van der Waals surface area (Å²) in [7, 11) is 0. The number of hydrogen-bond donors (Lipinski definition) is 1. The molecule has 2 saturated heterocycles. The summed E-state index contributed by atoms with van der Waals surface area (Å²) >= 11 is 0. The van der Waals surface area contributed by atoms with Gasteiger partial charge >= 0.3 is 0 Å². The molecule has 2 bridgehead atoms. The highest BCUT2D eigenvalue weighted by Crippen LogP contribution is 2.46. The van der Waals surface area contributed by atoms with E-state index in [4.69, 9.17) is 0 Å². The molecule has 2 fully saturated rings.